The van der Waals surface area contributed by atoms with Gasteiger partial charge in [-0.3, -0.25) is 4.99 Å². The minimum atomic E-state index is -0.501. The van der Waals surface area contributed by atoms with Gasteiger partial charge < -0.3 is 25.6 Å². The number of piperidine rings is 1. The largest absolute Gasteiger partial charge is 0.444 e. The summed E-state index contributed by atoms with van der Waals surface area (Å²) in [5.41, 5.74) is -0.952. The van der Waals surface area contributed by atoms with Crippen molar-refractivity contribution in [3.63, 3.8) is 0 Å². The van der Waals surface area contributed by atoms with Crippen molar-refractivity contribution in [2.24, 2.45) is 10.9 Å². The topological polar surface area (TPSA) is 78.0 Å². The Hall–Kier alpha value is -1.50. The van der Waals surface area contributed by atoms with E-state index in [1.165, 1.54) is 12.8 Å². The number of hydrogen-bond donors (Lipinski definition) is 3. The van der Waals surface area contributed by atoms with Crippen LogP contribution in [0.2, 0.25) is 0 Å². The summed E-state index contributed by atoms with van der Waals surface area (Å²) in [4.78, 5) is 18.6. The van der Waals surface area contributed by atoms with Gasteiger partial charge in [-0.15, -0.1) is 0 Å². The van der Waals surface area contributed by atoms with Crippen molar-refractivity contribution in [3.05, 3.63) is 0 Å². The van der Waals surface area contributed by atoms with Crippen LogP contribution in [0.1, 0.15) is 47.5 Å². The standard InChI is InChI=1S/C18H37N5O2/c1-17(2,3)25-16(24)22-18(4,5)13-21-15(19-6)20-12-14-8-10-23(7)11-9-14/h14H,8-13H2,1-7H3,(H,22,24)(H2,19,20,21). The highest BCUT2D eigenvalue weighted by molar-refractivity contribution is 5.79. The van der Waals surface area contributed by atoms with Gasteiger partial charge in [0.05, 0.1) is 5.54 Å². The molecule has 0 aromatic carbocycles. The van der Waals surface area contributed by atoms with E-state index < -0.39 is 17.2 Å². The average molecular weight is 356 g/mol. The molecule has 1 saturated heterocycles. The van der Waals surface area contributed by atoms with E-state index in [1.54, 1.807) is 7.05 Å². The number of likely N-dealkylation sites (tertiary alicyclic amines) is 1. The predicted octanol–water partition coefficient (Wildman–Crippen LogP) is 1.80. The van der Waals surface area contributed by atoms with Crippen LogP contribution in [-0.4, -0.2) is 68.4 Å². The number of carbonyl (C=O) groups excluding carboxylic acids is 1. The van der Waals surface area contributed by atoms with Crippen molar-refractivity contribution in [3.8, 4) is 0 Å². The van der Waals surface area contributed by atoms with Gasteiger partial charge in [-0.05, 0) is 73.5 Å². The first kappa shape index (κ1) is 21.5. The number of ether oxygens (including phenoxy) is 1. The third-order valence-electron chi connectivity index (χ3n) is 4.16. The van der Waals surface area contributed by atoms with Crippen LogP contribution in [0.3, 0.4) is 0 Å². The van der Waals surface area contributed by atoms with Crippen molar-refractivity contribution >= 4 is 12.1 Å². The molecular weight excluding hydrogens is 318 g/mol. The fraction of sp³-hybridized carbons (Fsp3) is 0.889. The zero-order chi connectivity index (χ0) is 19.1. The third-order valence-corrected chi connectivity index (χ3v) is 4.16. The molecule has 25 heavy (non-hydrogen) atoms. The number of amides is 1. The van der Waals surface area contributed by atoms with E-state index in [4.69, 9.17) is 4.74 Å². The van der Waals surface area contributed by atoms with Gasteiger partial charge in [-0.2, -0.15) is 0 Å². The predicted molar refractivity (Wildman–Crippen MR) is 103 cm³/mol. The van der Waals surface area contributed by atoms with Crippen LogP contribution in [0.25, 0.3) is 0 Å². The van der Waals surface area contributed by atoms with Crippen molar-refractivity contribution in [1.82, 2.24) is 20.9 Å². The lowest BCUT2D eigenvalue weighted by molar-refractivity contribution is 0.0474. The van der Waals surface area contributed by atoms with Gasteiger partial charge in [0.25, 0.3) is 0 Å². The number of hydrogen-bond acceptors (Lipinski definition) is 4. The molecule has 0 aromatic rings. The normalized spacial score (nSPS) is 18.0. The minimum Gasteiger partial charge on any atom is -0.444 e. The van der Waals surface area contributed by atoms with Crippen LogP contribution in [-0.2, 0) is 4.74 Å². The molecule has 146 valence electrons. The van der Waals surface area contributed by atoms with Gasteiger partial charge in [-0.25, -0.2) is 4.79 Å². The molecule has 0 aliphatic carbocycles. The number of alkyl carbamates (subject to hydrolysis) is 1. The molecule has 0 aromatic heterocycles. The number of carbonyl (C=O) groups is 1. The first-order valence-corrected chi connectivity index (χ1v) is 9.15. The minimum absolute atomic E-state index is 0.409. The molecule has 7 nitrogen and oxygen atoms in total. The highest BCUT2D eigenvalue weighted by Crippen LogP contribution is 2.14. The molecule has 1 fully saturated rings. The lowest BCUT2D eigenvalue weighted by atomic mass is 9.97. The Morgan fingerprint density at radius 2 is 1.76 bits per heavy atom. The maximum Gasteiger partial charge on any atom is 0.408 e. The molecule has 1 heterocycles. The first-order valence-electron chi connectivity index (χ1n) is 9.15. The Kier molecular flexibility index (Phi) is 7.99. The highest BCUT2D eigenvalue weighted by Gasteiger charge is 2.25. The molecule has 0 spiro atoms. The number of aliphatic imine (C=N–C) groups is 1. The summed E-state index contributed by atoms with van der Waals surface area (Å²) in [5.74, 6) is 1.45. The van der Waals surface area contributed by atoms with Gasteiger partial charge in [0.15, 0.2) is 5.96 Å². The summed E-state index contributed by atoms with van der Waals surface area (Å²) < 4.78 is 5.31. The van der Waals surface area contributed by atoms with E-state index in [2.05, 4.69) is 32.9 Å². The number of nitrogens with one attached hydrogen (secondary N) is 3. The van der Waals surface area contributed by atoms with Crippen LogP contribution in [0.5, 0.6) is 0 Å². The van der Waals surface area contributed by atoms with E-state index in [1.807, 2.05) is 34.6 Å². The Labute approximate surface area is 153 Å². The maximum atomic E-state index is 11.9. The molecule has 1 aliphatic heterocycles. The average Bonchev–Trinajstić information content (AvgIpc) is 2.46. The van der Waals surface area contributed by atoms with Crippen LogP contribution in [0.15, 0.2) is 4.99 Å². The van der Waals surface area contributed by atoms with Crippen molar-refractivity contribution in [2.75, 3.05) is 40.3 Å². The lowest BCUT2D eigenvalue weighted by Crippen LogP contribution is -2.54. The van der Waals surface area contributed by atoms with Gasteiger partial charge in [0.1, 0.15) is 5.60 Å². The number of nitrogens with zero attached hydrogens (tertiary/aromatic N) is 2. The van der Waals surface area contributed by atoms with E-state index in [0.717, 1.165) is 25.6 Å². The molecule has 1 aliphatic rings. The summed E-state index contributed by atoms with van der Waals surface area (Å²) >= 11 is 0. The second kappa shape index (κ2) is 9.27. The molecule has 1 amide bonds. The highest BCUT2D eigenvalue weighted by atomic mass is 16.6. The van der Waals surface area contributed by atoms with Crippen molar-refractivity contribution < 1.29 is 9.53 Å². The fourth-order valence-corrected chi connectivity index (χ4v) is 2.66. The summed E-state index contributed by atoms with van der Waals surface area (Å²) in [6.07, 6.45) is 2.02. The monoisotopic (exact) mass is 355 g/mol. The molecule has 7 heteroatoms. The second-order valence-electron chi connectivity index (χ2n) is 8.56. The molecule has 0 radical (unpaired) electrons. The summed E-state index contributed by atoms with van der Waals surface area (Å²) in [7, 11) is 3.93. The van der Waals surface area contributed by atoms with E-state index in [9.17, 15) is 4.79 Å². The zero-order valence-corrected chi connectivity index (χ0v) is 17.0. The molecule has 0 atom stereocenters. The molecule has 0 bridgehead atoms. The SMILES string of the molecule is CN=C(NCC1CCN(C)CC1)NCC(C)(C)NC(=O)OC(C)(C)C. The van der Waals surface area contributed by atoms with Crippen LogP contribution >= 0.6 is 0 Å². The number of rotatable bonds is 5. The van der Waals surface area contributed by atoms with E-state index >= 15 is 0 Å². The van der Waals surface area contributed by atoms with Crippen molar-refractivity contribution in [1.29, 1.82) is 0 Å². The van der Waals surface area contributed by atoms with E-state index in [0.29, 0.717) is 12.5 Å². The number of guanidine groups is 1. The maximum absolute atomic E-state index is 11.9. The zero-order valence-electron chi connectivity index (χ0n) is 17.0. The van der Waals surface area contributed by atoms with Gasteiger partial charge in [0.2, 0.25) is 0 Å². The first-order chi connectivity index (χ1) is 11.5. The second-order valence-corrected chi connectivity index (χ2v) is 8.56. The molecular formula is C18H37N5O2. The quantitative estimate of drug-likeness (QED) is 0.518. The Balaban J connectivity index is 2.36. The Morgan fingerprint density at radius 3 is 2.28 bits per heavy atom. The third kappa shape index (κ3) is 9.53. The molecule has 0 unspecified atom stereocenters. The van der Waals surface area contributed by atoms with Gasteiger partial charge >= 0.3 is 6.09 Å². The van der Waals surface area contributed by atoms with Crippen LogP contribution in [0, 0.1) is 5.92 Å². The van der Waals surface area contributed by atoms with Crippen LogP contribution < -0.4 is 16.0 Å². The fourth-order valence-electron chi connectivity index (χ4n) is 2.66. The van der Waals surface area contributed by atoms with Gasteiger partial charge in [0, 0.05) is 20.1 Å². The molecule has 3 N–H and O–H groups in total. The van der Waals surface area contributed by atoms with Crippen molar-refractivity contribution in [2.45, 2.75) is 58.6 Å². The van der Waals surface area contributed by atoms with Gasteiger partial charge in [-0.1, -0.05) is 0 Å². The smallest absolute Gasteiger partial charge is 0.408 e. The van der Waals surface area contributed by atoms with E-state index in [-0.39, 0.29) is 0 Å². The van der Waals surface area contributed by atoms with Crippen LogP contribution in [0.4, 0.5) is 4.79 Å². The Morgan fingerprint density at radius 1 is 1.16 bits per heavy atom. The summed E-state index contributed by atoms with van der Waals surface area (Å²) in [6, 6.07) is 0. The summed E-state index contributed by atoms with van der Waals surface area (Å²) in [5, 5.41) is 9.57. The molecule has 1 rings (SSSR count). The molecule has 0 saturated carbocycles. The Bertz CT molecular complexity index is 449. The lowest BCUT2D eigenvalue weighted by Gasteiger charge is -2.31. The summed E-state index contributed by atoms with van der Waals surface area (Å²) in [6.45, 7) is 13.3.